The van der Waals surface area contributed by atoms with Gasteiger partial charge in [0.2, 0.25) is 0 Å². The van der Waals surface area contributed by atoms with Gasteiger partial charge in [-0.15, -0.1) is 0 Å². The van der Waals surface area contributed by atoms with Crippen molar-refractivity contribution in [3.05, 3.63) is 71.3 Å². The minimum atomic E-state index is -1.54. The average Bonchev–Trinajstić information content (AvgIpc) is 3.21. The standard InChI is InChI=1S/C23H25NO3/c1-27-21-22(25)24-20-14-13-17(12-11-16-7-5-6-8-16)15-19(20)23(21,26)18-9-3-2-4-10-18/h2-4,9-16,21,26H,5-8H2,1H3,(H,24,25). The Kier molecular flexibility index (Phi) is 4.85. The molecule has 2 aromatic carbocycles. The lowest BCUT2D eigenvalue weighted by atomic mass is 9.77. The number of methoxy groups -OCH3 is 1. The molecule has 1 aliphatic carbocycles. The van der Waals surface area contributed by atoms with E-state index in [-0.39, 0.29) is 5.91 Å². The molecule has 0 saturated heterocycles. The Morgan fingerprint density at radius 1 is 1.15 bits per heavy atom. The summed E-state index contributed by atoms with van der Waals surface area (Å²) in [4.78, 5) is 12.6. The normalized spacial score (nSPS) is 25.6. The van der Waals surface area contributed by atoms with Gasteiger partial charge in [-0.25, -0.2) is 0 Å². The van der Waals surface area contributed by atoms with E-state index in [1.807, 2.05) is 48.5 Å². The summed E-state index contributed by atoms with van der Waals surface area (Å²) in [7, 11) is 1.45. The van der Waals surface area contributed by atoms with Crippen LogP contribution in [0.1, 0.15) is 42.4 Å². The van der Waals surface area contributed by atoms with Gasteiger partial charge < -0.3 is 15.2 Å². The van der Waals surface area contributed by atoms with Crippen molar-refractivity contribution >= 4 is 17.7 Å². The van der Waals surface area contributed by atoms with Crippen LogP contribution in [0.2, 0.25) is 0 Å². The third-order valence-electron chi connectivity index (χ3n) is 5.74. The van der Waals surface area contributed by atoms with E-state index in [2.05, 4.69) is 17.5 Å². The van der Waals surface area contributed by atoms with Gasteiger partial charge in [0, 0.05) is 18.4 Å². The first kappa shape index (κ1) is 18.0. The number of ether oxygens (including phenoxy) is 1. The largest absolute Gasteiger partial charge is 0.377 e. The molecule has 0 aromatic heterocycles. The fourth-order valence-electron chi connectivity index (χ4n) is 4.29. The number of carbonyl (C=O) groups is 1. The van der Waals surface area contributed by atoms with Crippen LogP contribution in [0.5, 0.6) is 0 Å². The zero-order valence-corrected chi connectivity index (χ0v) is 15.5. The number of hydrogen-bond acceptors (Lipinski definition) is 3. The van der Waals surface area contributed by atoms with Crippen molar-refractivity contribution in [3.63, 3.8) is 0 Å². The number of allylic oxidation sites excluding steroid dienone is 1. The molecule has 0 bridgehead atoms. The number of carbonyl (C=O) groups excluding carboxylic acids is 1. The first-order valence-electron chi connectivity index (χ1n) is 9.57. The van der Waals surface area contributed by atoms with Crippen molar-refractivity contribution in [2.24, 2.45) is 5.92 Å². The fourth-order valence-corrected chi connectivity index (χ4v) is 4.29. The third kappa shape index (κ3) is 3.20. The average molecular weight is 363 g/mol. The summed E-state index contributed by atoms with van der Waals surface area (Å²) in [5, 5.41) is 14.6. The van der Waals surface area contributed by atoms with Crippen molar-refractivity contribution in [1.29, 1.82) is 0 Å². The Morgan fingerprint density at radius 3 is 2.59 bits per heavy atom. The summed E-state index contributed by atoms with van der Waals surface area (Å²) < 4.78 is 5.43. The molecule has 1 heterocycles. The highest BCUT2D eigenvalue weighted by Gasteiger charge is 2.49. The highest BCUT2D eigenvalue weighted by molar-refractivity contribution is 5.99. The van der Waals surface area contributed by atoms with Crippen LogP contribution in [-0.4, -0.2) is 24.2 Å². The Morgan fingerprint density at radius 2 is 1.89 bits per heavy atom. The van der Waals surface area contributed by atoms with Gasteiger partial charge in [-0.1, -0.05) is 61.4 Å². The smallest absolute Gasteiger partial charge is 0.257 e. The number of amides is 1. The molecule has 2 atom stereocenters. The molecule has 0 radical (unpaired) electrons. The molecule has 2 unspecified atom stereocenters. The number of rotatable bonds is 4. The molecule has 0 spiro atoms. The second kappa shape index (κ2) is 7.29. The third-order valence-corrected chi connectivity index (χ3v) is 5.74. The van der Waals surface area contributed by atoms with Crippen LogP contribution in [0.25, 0.3) is 6.08 Å². The molecule has 1 amide bonds. The van der Waals surface area contributed by atoms with Gasteiger partial charge in [-0.2, -0.15) is 0 Å². The molecular formula is C23H25NO3. The molecule has 2 aliphatic rings. The van der Waals surface area contributed by atoms with Crippen LogP contribution in [0.3, 0.4) is 0 Å². The van der Waals surface area contributed by atoms with Gasteiger partial charge in [0.25, 0.3) is 5.91 Å². The molecule has 140 valence electrons. The predicted octanol–water partition coefficient (Wildman–Crippen LogP) is 4.09. The Balaban J connectivity index is 1.79. The second-order valence-electron chi connectivity index (χ2n) is 7.45. The molecule has 4 nitrogen and oxygen atoms in total. The van der Waals surface area contributed by atoms with E-state index in [0.29, 0.717) is 22.7 Å². The summed E-state index contributed by atoms with van der Waals surface area (Å²) in [5.41, 5.74) is 1.41. The maximum atomic E-state index is 12.6. The number of aliphatic hydroxyl groups is 1. The van der Waals surface area contributed by atoms with Gasteiger partial charge in [-0.3, -0.25) is 4.79 Å². The quantitative estimate of drug-likeness (QED) is 0.860. The van der Waals surface area contributed by atoms with E-state index in [1.54, 1.807) is 0 Å². The lowest BCUT2D eigenvalue weighted by Crippen LogP contribution is -2.52. The van der Waals surface area contributed by atoms with Crippen LogP contribution >= 0.6 is 0 Å². The molecule has 1 fully saturated rings. The SMILES string of the molecule is COC1C(=O)Nc2ccc(C=CC3CCCC3)cc2C1(O)c1ccccc1. The number of benzene rings is 2. The van der Waals surface area contributed by atoms with Gasteiger partial charge in [0.15, 0.2) is 11.7 Å². The van der Waals surface area contributed by atoms with E-state index in [0.717, 1.165) is 5.56 Å². The van der Waals surface area contributed by atoms with Gasteiger partial charge in [0.05, 0.1) is 0 Å². The van der Waals surface area contributed by atoms with Crippen LogP contribution in [-0.2, 0) is 15.1 Å². The number of nitrogens with one attached hydrogen (secondary N) is 1. The van der Waals surface area contributed by atoms with E-state index >= 15 is 0 Å². The van der Waals surface area contributed by atoms with E-state index in [4.69, 9.17) is 4.74 Å². The Bertz CT molecular complexity index is 855. The van der Waals surface area contributed by atoms with Crippen molar-refractivity contribution in [3.8, 4) is 0 Å². The molecular weight excluding hydrogens is 338 g/mol. The highest BCUT2D eigenvalue weighted by Crippen LogP contribution is 2.42. The Hall–Kier alpha value is -2.43. The van der Waals surface area contributed by atoms with Crippen LogP contribution in [0.4, 0.5) is 5.69 Å². The maximum Gasteiger partial charge on any atom is 0.257 e. The first-order chi connectivity index (χ1) is 13.1. The van der Waals surface area contributed by atoms with E-state index < -0.39 is 11.7 Å². The van der Waals surface area contributed by atoms with Crippen LogP contribution in [0, 0.1) is 5.92 Å². The van der Waals surface area contributed by atoms with E-state index in [1.165, 1.54) is 32.8 Å². The monoisotopic (exact) mass is 363 g/mol. The van der Waals surface area contributed by atoms with Gasteiger partial charge in [0.1, 0.15) is 0 Å². The molecule has 4 rings (SSSR count). The topological polar surface area (TPSA) is 58.6 Å². The fraction of sp³-hybridized carbons (Fsp3) is 0.348. The van der Waals surface area contributed by atoms with Crippen LogP contribution < -0.4 is 5.32 Å². The Labute approximate surface area is 159 Å². The second-order valence-corrected chi connectivity index (χ2v) is 7.45. The zero-order valence-electron chi connectivity index (χ0n) is 15.5. The van der Waals surface area contributed by atoms with Crippen molar-refractivity contribution in [2.45, 2.75) is 37.4 Å². The number of hydrogen-bond donors (Lipinski definition) is 2. The minimum absolute atomic E-state index is 0.342. The zero-order chi connectivity index (χ0) is 18.9. The number of fused-ring (bicyclic) bond motifs is 1. The molecule has 2 aromatic rings. The minimum Gasteiger partial charge on any atom is -0.377 e. The molecule has 1 saturated carbocycles. The summed E-state index contributed by atoms with van der Waals surface area (Å²) >= 11 is 0. The van der Waals surface area contributed by atoms with Crippen molar-refractivity contribution in [2.75, 3.05) is 12.4 Å². The predicted molar refractivity (Wildman–Crippen MR) is 106 cm³/mol. The summed E-state index contributed by atoms with van der Waals surface area (Å²) in [6, 6.07) is 15.1. The molecule has 4 heteroatoms. The summed E-state index contributed by atoms with van der Waals surface area (Å²) in [5.74, 6) is 0.297. The maximum absolute atomic E-state index is 12.6. The van der Waals surface area contributed by atoms with Gasteiger partial charge >= 0.3 is 0 Å². The summed E-state index contributed by atoms with van der Waals surface area (Å²) in [6.07, 6.45) is 8.48. The van der Waals surface area contributed by atoms with Gasteiger partial charge in [-0.05, 0) is 42.0 Å². The first-order valence-corrected chi connectivity index (χ1v) is 9.57. The lowest BCUT2D eigenvalue weighted by molar-refractivity contribution is -0.142. The molecule has 2 N–H and O–H groups in total. The number of anilines is 1. The molecule has 27 heavy (non-hydrogen) atoms. The van der Waals surface area contributed by atoms with E-state index in [9.17, 15) is 9.90 Å². The lowest BCUT2D eigenvalue weighted by Gasteiger charge is -2.40. The summed E-state index contributed by atoms with van der Waals surface area (Å²) in [6.45, 7) is 0. The van der Waals surface area contributed by atoms with Crippen molar-refractivity contribution < 1.29 is 14.6 Å². The van der Waals surface area contributed by atoms with Crippen molar-refractivity contribution in [1.82, 2.24) is 0 Å². The van der Waals surface area contributed by atoms with Crippen LogP contribution in [0.15, 0.2) is 54.6 Å². The highest BCUT2D eigenvalue weighted by atomic mass is 16.5. The molecule has 1 aliphatic heterocycles.